The highest BCUT2D eigenvalue weighted by Gasteiger charge is 2.37. The van der Waals surface area contributed by atoms with Crippen LogP contribution in [-0.2, 0) is 4.74 Å². The summed E-state index contributed by atoms with van der Waals surface area (Å²) in [4.78, 5) is 0. The summed E-state index contributed by atoms with van der Waals surface area (Å²) in [5, 5.41) is 19.1. The molecular formula is C11H19NO2. The molecule has 1 saturated heterocycles. The summed E-state index contributed by atoms with van der Waals surface area (Å²) in [6, 6.07) is 2.22. The molecule has 1 N–H and O–H groups in total. The average molecular weight is 197 g/mol. The van der Waals surface area contributed by atoms with Crippen LogP contribution >= 0.6 is 0 Å². The molecule has 1 rings (SSSR count). The summed E-state index contributed by atoms with van der Waals surface area (Å²) in [5.74, 6) is 0.133. The van der Waals surface area contributed by atoms with Crippen molar-refractivity contribution in [3.8, 4) is 6.07 Å². The first-order chi connectivity index (χ1) is 6.64. The van der Waals surface area contributed by atoms with Gasteiger partial charge in [-0.05, 0) is 26.2 Å². The maximum Gasteiger partial charge on any atom is 0.0805 e. The number of aliphatic hydroxyl groups excluding tert-OH is 1. The second-order valence-electron chi connectivity index (χ2n) is 4.30. The lowest BCUT2D eigenvalue weighted by Gasteiger charge is -2.34. The summed E-state index contributed by atoms with van der Waals surface area (Å²) < 4.78 is 5.32. The van der Waals surface area contributed by atoms with Crippen LogP contribution in [0, 0.1) is 22.7 Å². The van der Waals surface area contributed by atoms with Gasteiger partial charge in [-0.1, -0.05) is 6.92 Å². The van der Waals surface area contributed by atoms with Gasteiger partial charge in [-0.15, -0.1) is 0 Å². The van der Waals surface area contributed by atoms with Crippen molar-refractivity contribution in [1.82, 2.24) is 0 Å². The first-order valence-electron chi connectivity index (χ1n) is 5.31. The Kier molecular flexibility index (Phi) is 3.91. The molecule has 0 aromatic carbocycles. The average Bonchev–Trinajstić information content (AvgIpc) is 2.28. The van der Waals surface area contributed by atoms with Crippen LogP contribution in [0.4, 0.5) is 0 Å². The molecule has 3 unspecified atom stereocenters. The number of hydrogen-bond acceptors (Lipinski definition) is 3. The van der Waals surface area contributed by atoms with Crippen molar-refractivity contribution in [3.05, 3.63) is 0 Å². The van der Waals surface area contributed by atoms with Crippen LogP contribution in [0.2, 0.25) is 0 Å². The third kappa shape index (κ3) is 2.26. The topological polar surface area (TPSA) is 53.2 Å². The first kappa shape index (κ1) is 11.5. The Hall–Kier alpha value is -0.590. The van der Waals surface area contributed by atoms with Gasteiger partial charge in [0.25, 0.3) is 0 Å². The van der Waals surface area contributed by atoms with Crippen LogP contribution in [0.3, 0.4) is 0 Å². The number of rotatable bonds is 3. The normalized spacial score (nSPS) is 28.9. The van der Waals surface area contributed by atoms with Crippen molar-refractivity contribution in [3.63, 3.8) is 0 Å². The molecule has 80 valence electrons. The number of hydrogen-bond donors (Lipinski definition) is 1. The van der Waals surface area contributed by atoms with Crippen molar-refractivity contribution in [2.24, 2.45) is 11.3 Å². The number of nitrogens with zero attached hydrogens (tertiary/aromatic N) is 1. The van der Waals surface area contributed by atoms with Crippen LogP contribution in [0.5, 0.6) is 0 Å². The summed E-state index contributed by atoms with van der Waals surface area (Å²) in [7, 11) is 0. The summed E-state index contributed by atoms with van der Waals surface area (Å²) in [5.41, 5.74) is -0.620. The van der Waals surface area contributed by atoms with E-state index in [0.29, 0.717) is 13.0 Å². The Balaban J connectivity index is 2.62. The van der Waals surface area contributed by atoms with Crippen molar-refractivity contribution < 1.29 is 9.84 Å². The minimum absolute atomic E-state index is 0.133. The summed E-state index contributed by atoms with van der Waals surface area (Å²) >= 11 is 0. The fourth-order valence-electron chi connectivity index (χ4n) is 1.89. The monoisotopic (exact) mass is 197 g/mol. The molecule has 1 fully saturated rings. The molecule has 1 aliphatic rings. The van der Waals surface area contributed by atoms with E-state index in [9.17, 15) is 5.11 Å². The maximum absolute atomic E-state index is 10.1. The second-order valence-corrected chi connectivity index (χ2v) is 4.30. The van der Waals surface area contributed by atoms with E-state index in [1.165, 1.54) is 0 Å². The minimum atomic E-state index is -0.620. The van der Waals surface area contributed by atoms with Crippen molar-refractivity contribution in [1.29, 1.82) is 5.26 Å². The maximum atomic E-state index is 10.1. The molecule has 0 aromatic heterocycles. The van der Waals surface area contributed by atoms with Gasteiger partial charge in [0.1, 0.15) is 0 Å². The van der Waals surface area contributed by atoms with E-state index >= 15 is 0 Å². The SMILES string of the molecule is CCC(C)(C#N)C(O)C1CCCOC1. The summed E-state index contributed by atoms with van der Waals surface area (Å²) in [6.07, 6.45) is 2.09. The molecule has 0 aliphatic carbocycles. The smallest absolute Gasteiger partial charge is 0.0805 e. The quantitative estimate of drug-likeness (QED) is 0.749. The highest BCUT2D eigenvalue weighted by molar-refractivity contribution is 5.01. The van der Waals surface area contributed by atoms with Crippen molar-refractivity contribution >= 4 is 0 Å². The van der Waals surface area contributed by atoms with Crippen molar-refractivity contribution in [2.75, 3.05) is 13.2 Å². The fraction of sp³-hybridized carbons (Fsp3) is 0.909. The molecule has 1 heterocycles. The number of nitriles is 1. The highest BCUT2D eigenvalue weighted by Crippen LogP contribution is 2.32. The largest absolute Gasteiger partial charge is 0.391 e. The zero-order valence-corrected chi connectivity index (χ0v) is 8.99. The molecule has 3 atom stereocenters. The van der Waals surface area contributed by atoms with E-state index in [0.717, 1.165) is 19.4 Å². The van der Waals surface area contributed by atoms with Gasteiger partial charge in [0.15, 0.2) is 0 Å². The Morgan fingerprint density at radius 2 is 2.43 bits per heavy atom. The zero-order chi connectivity index (χ0) is 10.6. The van der Waals surface area contributed by atoms with E-state index in [1.54, 1.807) is 0 Å². The predicted molar refractivity (Wildman–Crippen MR) is 53.6 cm³/mol. The van der Waals surface area contributed by atoms with Gasteiger partial charge in [0, 0.05) is 12.5 Å². The van der Waals surface area contributed by atoms with E-state index in [-0.39, 0.29) is 5.92 Å². The van der Waals surface area contributed by atoms with Crippen LogP contribution in [0.1, 0.15) is 33.1 Å². The minimum Gasteiger partial charge on any atom is -0.391 e. The van der Waals surface area contributed by atoms with Gasteiger partial charge in [0.05, 0.1) is 24.2 Å². The van der Waals surface area contributed by atoms with E-state index in [1.807, 2.05) is 13.8 Å². The van der Waals surface area contributed by atoms with Crippen LogP contribution in [0.15, 0.2) is 0 Å². The Morgan fingerprint density at radius 1 is 1.71 bits per heavy atom. The van der Waals surface area contributed by atoms with E-state index in [4.69, 9.17) is 10.00 Å². The lowest BCUT2D eigenvalue weighted by molar-refractivity contribution is -0.0484. The molecule has 0 aromatic rings. The van der Waals surface area contributed by atoms with Gasteiger partial charge in [-0.2, -0.15) is 5.26 Å². The molecule has 1 aliphatic heterocycles. The molecular weight excluding hydrogens is 178 g/mol. The molecule has 0 radical (unpaired) electrons. The van der Waals surface area contributed by atoms with E-state index in [2.05, 4.69) is 6.07 Å². The van der Waals surface area contributed by atoms with E-state index < -0.39 is 11.5 Å². The molecule has 0 bridgehead atoms. The Labute approximate surface area is 85.7 Å². The fourth-order valence-corrected chi connectivity index (χ4v) is 1.89. The molecule has 14 heavy (non-hydrogen) atoms. The third-order valence-corrected chi connectivity index (χ3v) is 3.28. The third-order valence-electron chi connectivity index (χ3n) is 3.28. The van der Waals surface area contributed by atoms with Gasteiger partial charge in [-0.3, -0.25) is 0 Å². The first-order valence-corrected chi connectivity index (χ1v) is 5.31. The summed E-state index contributed by atoms with van der Waals surface area (Å²) in [6.45, 7) is 5.15. The molecule has 0 spiro atoms. The molecule has 0 saturated carbocycles. The lowest BCUT2D eigenvalue weighted by atomic mass is 9.75. The highest BCUT2D eigenvalue weighted by atomic mass is 16.5. The van der Waals surface area contributed by atoms with Crippen LogP contribution in [-0.4, -0.2) is 24.4 Å². The van der Waals surface area contributed by atoms with Crippen LogP contribution in [0.25, 0.3) is 0 Å². The van der Waals surface area contributed by atoms with Gasteiger partial charge in [0.2, 0.25) is 0 Å². The predicted octanol–water partition coefficient (Wildman–Crippen LogP) is 1.71. The molecule has 3 nitrogen and oxygen atoms in total. The lowest BCUT2D eigenvalue weighted by Crippen LogP contribution is -2.40. The van der Waals surface area contributed by atoms with Crippen molar-refractivity contribution in [2.45, 2.75) is 39.2 Å². The Morgan fingerprint density at radius 3 is 2.86 bits per heavy atom. The second kappa shape index (κ2) is 4.77. The standard InChI is InChI=1S/C11H19NO2/c1-3-11(2,8-12)10(13)9-5-4-6-14-7-9/h9-10,13H,3-7H2,1-2H3. The van der Waals surface area contributed by atoms with Gasteiger partial charge in [-0.25, -0.2) is 0 Å². The van der Waals surface area contributed by atoms with Crippen LogP contribution < -0.4 is 0 Å². The van der Waals surface area contributed by atoms with Gasteiger partial charge < -0.3 is 9.84 Å². The molecule has 0 amide bonds. The van der Waals surface area contributed by atoms with Gasteiger partial charge >= 0.3 is 0 Å². The number of aliphatic hydroxyl groups is 1. The Bertz CT molecular complexity index is 218. The number of ether oxygens (including phenoxy) is 1. The molecule has 3 heteroatoms. The zero-order valence-electron chi connectivity index (χ0n) is 8.99.